The summed E-state index contributed by atoms with van der Waals surface area (Å²) in [5.41, 5.74) is 1.22. The number of nitrogens with one attached hydrogen (secondary N) is 1. The lowest BCUT2D eigenvalue weighted by Gasteiger charge is -2.31. The minimum Gasteiger partial charge on any atom is -0.497 e. The van der Waals surface area contributed by atoms with Crippen LogP contribution in [0.25, 0.3) is 0 Å². The molecule has 2 saturated heterocycles. The number of fused-ring (bicyclic) bond motifs is 3. The Morgan fingerprint density at radius 1 is 1.25 bits per heavy atom. The van der Waals surface area contributed by atoms with Crippen molar-refractivity contribution in [2.45, 2.75) is 50.0 Å². The molecule has 2 fully saturated rings. The summed E-state index contributed by atoms with van der Waals surface area (Å²) in [6.45, 7) is 0.776. The number of hydrogen-bond donors (Lipinski definition) is 1. The van der Waals surface area contributed by atoms with Crippen LogP contribution >= 0.6 is 0 Å². The van der Waals surface area contributed by atoms with Gasteiger partial charge in [-0.3, -0.25) is 0 Å². The molecule has 1 aromatic rings. The van der Waals surface area contributed by atoms with E-state index in [9.17, 15) is 0 Å². The Bertz CT molecular complexity index is 504. The summed E-state index contributed by atoms with van der Waals surface area (Å²) < 4.78 is 17.0. The average Bonchev–Trinajstić information content (AvgIpc) is 3.10. The molecule has 4 atom stereocenters. The first-order chi connectivity index (χ1) is 9.83. The van der Waals surface area contributed by atoms with Crippen molar-refractivity contribution in [1.82, 2.24) is 5.32 Å². The van der Waals surface area contributed by atoms with Crippen molar-refractivity contribution in [1.29, 1.82) is 0 Å². The molecule has 3 aliphatic rings. The van der Waals surface area contributed by atoms with Crippen molar-refractivity contribution in [3.8, 4) is 11.5 Å². The van der Waals surface area contributed by atoms with E-state index in [1.54, 1.807) is 7.11 Å². The van der Waals surface area contributed by atoms with Gasteiger partial charge in [0.25, 0.3) is 0 Å². The highest BCUT2D eigenvalue weighted by Gasteiger charge is 2.41. The second-order valence-corrected chi connectivity index (χ2v) is 5.98. The van der Waals surface area contributed by atoms with Crippen molar-refractivity contribution < 1.29 is 14.2 Å². The summed E-state index contributed by atoms with van der Waals surface area (Å²) in [6.07, 6.45) is 5.51. The Labute approximate surface area is 119 Å². The SMILES string of the molecule is COc1ccc2c(c1)C(NC1CC3CCC1O3)CCO2. The van der Waals surface area contributed by atoms with Gasteiger partial charge in [-0.1, -0.05) is 0 Å². The van der Waals surface area contributed by atoms with Crippen LogP contribution in [0, 0.1) is 0 Å². The molecule has 1 aromatic carbocycles. The fraction of sp³-hybridized carbons (Fsp3) is 0.625. The maximum Gasteiger partial charge on any atom is 0.124 e. The standard InChI is InChI=1S/C16H21NO3/c1-18-10-2-4-15-12(8-10)13(6-7-19-15)17-14-9-11-3-5-16(14)20-11/h2,4,8,11,13-14,16-17H,3,5-7,9H2,1H3. The van der Waals surface area contributed by atoms with Gasteiger partial charge in [0.2, 0.25) is 0 Å². The van der Waals surface area contributed by atoms with Gasteiger partial charge in [-0.25, -0.2) is 0 Å². The summed E-state index contributed by atoms with van der Waals surface area (Å²) in [5.74, 6) is 1.88. The van der Waals surface area contributed by atoms with Crippen LogP contribution in [0.1, 0.15) is 37.3 Å². The third-order valence-electron chi connectivity index (χ3n) is 4.78. The average molecular weight is 275 g/mol. The van der Waals surface area contributed by atoms with Gasteiger partial charge < -0.3 is 19.5 Å². The molecule has 1 N–H and O–H groups in total. The third-order valence-corrected chi connectivity index (χ3v) is 4.78. The maximum absolute atomic E-state index is 5.94. The fourth-order valence-corrected chi connectivity index (χ4v) is 3.74. The lowest BCUT2D eigenvalue weighted by molar-refractivity contribution is 0.0947. The van der Waals surface area contributed by atoms with E-state index >= 15 is 0 Å². The Kier molecular flexibility index (Phi) is 3.08. The van der Waals surface area contributed by atoms with Crippen molar-refractivity contribution in [2.75, 3.05) is 13.7 Å². The minimum atomic E-state index is 0.349. The molecular weight excluding hydrogens is 254 g/mol. The van der Waals surface area contributed by atoms with Gasteiger partial charge in [-0.2, -0.15) is 0 Å². The van der Waals surface area contributed by atoms with E-state index in [0.717, 1.165) is 30.9 Å². The molecule has 0 saturated carbocycles. The molecule has 0 radical (unpaired) electrons. The van der Waals surface area contributed by atoms with E-state index in [1.165, 1.54) is 18.4 Å². The van der Waals surface area contributed by atoms with Crippen molar-refractivity contribution in [3.63, 3.8) is 0 Å². The minimum absolute atomic E-state index is 0.349. The summed E-state index contributed by atoms with van der Waals surface area (Å²) in [6, 6.07) is 6.92. The van der Waals surface area contributed by atoms with Crippen LogP contribution in [0.5, 0.6) is 11.5 Å². The topological polar surface area (TPSA) is 39.7 Å². The molecule has 108 valence electrons. The van der Waals surface area contributed by atoms with Crippen LogP contribution in [-0.4, -0.2) is 32.0 Å². The normalized spacial score (nSPS) is 34.6. The Morgan fingerprint density at radius 2 is 2.20 bits per heavy atom. The van der Waals surface area contributed by atoms with E-state index in [1.807, 2.05) is 12.1 Å². The van der Waals surface area contributed by atoms with Crippen LogP contribution < -0.4 is 14.8 Å². The highest BCUT2D eigenvalue weighted by atomic mass is 16.5. The monoisotopic (exact) mass is 275 g/mol. The Balaban J connectivity index is 1.55. The molecule has 0 aliphatic carbocycles. The number of hydrogen-bond acceptors (Lipinski definition) is 4. The van der Waals surface area contributed by atoms with Crippen LogP contribution in [0.15, 0.2) is 18.2 Å². The van der Waals surface area contributed by atoms with Gasteiger partial charge in [0.1, 0.15) is 11.5 Å². The molecule has 0 aromatic heterocycles. The lowest BCUT2D eigenvalue weighted by atomic mass is 9.92. The van der Waals surface area contributed by atoms with Gasteiger partial charge in [0.15, 0.2) is 0 Å². The van der Waals surface area contributed by atoms with Gasteiger partial charge in [-0.15, -0.1) is 0 Å². The smallest absolute Gasteiger partial charge is 0.124 e. The second kappa shape index (κ2) is 4.93. The number of benzene rings is 1. The maximum atomic E-state index is 5.94. The molecule has 2 bridgehead atoms. The molecule has 20 heavy (non-hydrogen) atoms. The van der Waals surface area contributed by atoms with E-state index in [0.29, 0.717) is 24.3 Å². The Morgan fingerprint density at radius 3 is 2.95 bits per heavy atom. The van der Waals surface area contributed by atoms with E-state index < -0.39 is 0 Å². The molecule has 0 spiro atoms. The molecule has 4 unspecified atom stereocenters. The molecule has 3 heterocycles. The largest absolute Gasteiger partial charge is 0.497 e. The molecular formula is C16H21NO3. The highest BCUT2D eigenvalue weighted by molar-refractivity contribution is 5.43. The van der Waals surface area contributed by atoms with Crippen LogP contribution in [0.2, 0.25) is 0 Å². The molecule has 0 amide bonds. The molecule has 3 aliphatic heterocycles. The van der Waals surface area contributed by atoms with Gasteiger partial charge in [-0.05, 0) is 37.5 Å². The first-order valence-electron chi connectivity index (χ1n) is 7.56. The summed E-state index contributed by atoms with van der Waals surface area (Å²) >= 11 is 0. The predicted octanol–water partition coefficient (Wildman–Crippen LogP) is 2.43. The predicted molar refractivity (Wildman–Crippen MR) is 75.3 cm³/mol. The number of methoxy groups -OCH3 is 1. The number of rotatable bonds is 3. The summed E-state index contributed by atoms with van der Waals surface area (Å²) in [7, 11) is 1.71. The lowest BCUT2D eigenvalue weighted by Crippen LogP contribution is -2.41. The van der Waals surface area contributed by atoms with E-state index in [2.05, 4.69) is 11.4 Å². The first-order valence-corrected chi connectivity index (χ1v) is 7.56. The Hall–Kier alpha value is -1.26. The van der Waals surface area contributed by atoms with Gasteiger partial charge in [0.05, 0.1) is 25.9 Å². The highest BCUT2D eigenvalue weighted by Crippen LogP contribution is 2.39. The quantitative estimate of drug-likeness (QED) is 0.919. The molecule has 4 rings (SSSR count). The first kappa shape index (κ1) is 12.5. The number of ether oxygens (including phenoxy) is 3. The molecule has 4 nitrogen and oxygen atoms in total. The zero-order valence-corrected chi connectivity index (χ0v) is 11.8. The van der Waals surface area contributed by atoms with Gasteiger partial charge >= 0.3 is 0 Å². The van der Waals surface area contributed by atoms with Crippen molar-refractivity contribution in [3.05, 3.63) is 23.8 Å². The van der Waals surface area contributed by atoms with Crippen LogP contribution in [0.4, 0.5) is 0 Å². The van der Waals surface area contributed by atoms with E-state index in [-0.39, 0.29) is 0 Å². The summed E-state index contributed by atoms with van der Waals surface area (Å²) in [5, 5.41) is 3.80. The van der Waals surface area contributed by atoms with Crippen LogP contribution in [0.3, 0.4) is 0 Å². The fourth-order valence-electron chi connectivity index (χ4n) is 3.74. The third kappa shape index (κ3) is 2.07. The van der Waals surface area contributed by atoms with Gasteiger partial charge in [0, 0.05) is 24.1 Å². The zero-order valence-electron chi connectivity index (χ0n) is 11.8. The van der Waals surface area contributed by atoms with E-state index in [4.69, 9.17) is 14.2 Å². The van der Waals surface area contributed by atoms with Crippen LogP contribution in [-0.2, 0) is 4.74 Å². The van der Waals surface area contributed by atoms with Crippen molar-refractivity contribution >= 4 is 0 Å². The summed E-state index contributed by atoms with van der Waals surface area (Å²) in [4.78, 5) is 0. The van der Waals surface area contributed by atoms with Crippen molar-refractivity contribution in [2.24, 2.45) is 0 Å². The molecule has 4 heteroatoms. The zero-order chi connectivity index (χ0) is 13.5. The second-order valence-electron chi connectivity index (χ2n) is 5.98.